The molecular weight excluding hydrogens is 732 g/mol. The van der Waals surface area contributed by atoms with E-state index in [1.165, 1.54) is 0 Å². The second-order valence-electron chi connectivity index (χ2n) is 15.6. The van der Waals surface area contributed by atoms with Gasteiger partial charge in [-0.3, -0.25) is 19.2 Å². The first kappa shape index (κ1) is 39.8. The van der Waals surface area contributed by atoms with Gasteiger partial charge in [-0.05, 0) is 99.8 Å². The zero-order valence-corrected chi connectivity index (χ0v) is 33.7. The molecule has 4 aromatic rings. The molecule has 298 valence electrons. The Hall–Kier alpha value is -4.47. The van der Waals surface area contributed by atoms with Crippen LogP contribution in [0, 0.1) is 5.92 Å². The summed E-state index contributed by atoms with van der Waals surface area (Å²) in [6, 6.07) is 20.8. The summed E-state index contributed by atoms with van der Waals surface area (Å²) in [4.78, 5) is 32.4. The topological polar surface area (TPSA) is 142 Å². The predicted molar refractivity (Wildman–Crippen MR) is 214 cm³/mol. The summed E-state index contributed by atoms with van der Waals surface area (Å²) >= 11 is 0. The number of fused-ring (bicyclic) bond motifs is 3. The number of nitrogens with one attached hydrogen (secondary N) is 1. The third-order valence-electron chi connectivity index (χ3n) is 11.5. The van der Waals surface area contributed by atoms with Crippen molar-refractivity contribution in [2.24, 2.45) is 5.92 Å². The van der Waals surface area contributed by atoms with E-state index in [9.17, 15) is 19.8 Å². The largest absolute Gasteiger partial charge is 0.494 e. The highest BCUT2D eigenvalue weighted by molar-refractivity contribution is 6.72. The lowest BCUT2D eigenvalue weighted by molar-refractivity contribution is -0.146. The summed E-state index contributed by atoms with van der Waals surface area (Å²) in [7, 11) is -3.34. The van der Waals surface area contributed by atoms with Crippen molar-refractivity contribution in [2.45, 2.75) is 95.4 Å². The molecule has 56 heavy (non-hydrogen) atoms. The van der Waals surface area contributed by atoms with E-state index in [1.54, 1.807) is 33.8 Å². The molecule has 3 aromatic carbocycles. The molecule has 0 bridgehead atoms. The van der Waals surface area contributed by atoms with Crippen LogP contribution in [0.2, 0.25) is 18.6 Å². The summed E-state index contributed by atoms with van der Waals surface area (Å²) in [5.74, 6) is 0.0723. The minimum Gasteiger partial charge on any atom is -0.494 e. The quantitative estimate of drug-likeness (QED) is 0.0755. The van der Waals surface area contributed by atoms with Gasteiger partial charge in [0, 0.05) is 55.1 Å². The van der Waals surface area contributed by atoms with Crippen LogP contribution in [0.1, 0.15) is 55.5 Å². The van der Waals surface area contributed by atoms with Crippen LogP contribution in [0.4, 0.5) is 21.2 Å². The molecule has 0 saturated carbocycles. The Bertz CT molecular complexity index is 2020. The minimum absolute atomic E-state index is 0.0233. The normalized spacial score (nSPS) is 23.3. The Morgan fingerprint density at radius 1 is 1.04 bits per heavy atom. The lowest BCUT2D eigenvalue weighted by Crippen LogP contribution is -2.49. The van der Waals surface area contributed by atoms with E-state index in [1.807, 2.05) is 80.6 Å². The Balaban J connectivity index is 1.14. The van der Waals surface area contributed by atoms with E-state index >= 15 is 4.11 Å². The second kappa shape index (κ2) is 16.6. The number of para-hydroxylation sites is 1. The van der Waals surface area contributed by atoms with Crippen LogP contribution in [0.3, 0.4) is 0 Å². The van der Waals surface area contributed by atoms with Gasteiger partial charge in [-0.1, -0.05) is 42.5 Å². The molecule has 3 aliphatic rings. The Morgan fingerprint density at radius 3 is 2.55 bits per heavy atom. The number of aryl methyl sites for hydroxylation is 1. The number of aromatic nitrogens is 3. The molecule has 3 N–H and O–H groups in total. The van der Waals surface area contributed by atoms with Gasteiger partial charge >= 0.3 is 0 Å². The highest BCUT2D eigenvalue weighted by Crippen LogP contribution is 2.60. The molecule has 1 spiro atoms. The number of hydrogen-bond donors (Lipinski definition) is 3. The first-order valence-electron chi connectivity index (χ1n) is 19.8. The van der Waals surface area contributed by atoms with Gasteiger partial charge in [0.05, 0.1) is 42.4 Å². The molecule has 1 aromatic heterocycles. The molecule has 0 radical (unpaired) electrons. The fourth-order valence-corrected chi connectivity index (χ4v) is 11.6. The molecular formula is C42H53FN6O6Si. The second-order valence-corrected chi connectivity index (χ2v) is 19.4. The number of carbonyl (C=O) groups is 2. The number of amides is 2. The van der Waals surface area contributed by atoms with Gasteiger partial charge in [0.15, 0.2) is 5.60 Å². The minimum atomic E-state index is -3.34. The number of nitrogens with zero attached hydrogens (tertiary/aromatic N) is 5. The lowest BCUT2D eigenvalue weighted by Gasteiger charge is -2.35. The molecule has 1 fully saturated rings. The maximum atomic E-state index is 16.3. The van der Waals surface area contributed by atoms with Crippen LogP contribution in [0.25, 0.3) is 0 Å². The zero-order valence-electron chi connectivity index (χ0n) is 32.7. The fraction of sp³-hybridized carbons (Fsp3) is 0.476. The molecule has 1 unspecified atom stereocenters. The lowest BCUT2D eigenvalue weighted by atomic mass is 9.82. The number of rotatable bonds is 16. The fourth-order valence-electron chi connectivity index (χ4n) is 9.02. The van der Waals surface area contributed by atoms with Crippen LogP contribution in [0.15, 0.2) is 72.9 Å². The summed E-state index contributed by atoms with van der Waals surface area (Å²) in [5, 5.41) is 30.3. The van der Waals surface area contributed by atoms with Gasteiger partial charge in [-0.2, -0.15) is 0 Å². The Morgan fingerprint density at radius 2 is 1.82 bits per heavy atom. The van der Waals surface area contributed by atoms with Gasteiger partial charge in [0.2, 0.25) is 14.3 Å². The van der Waals surface area contributed by atoms with Gasteiger partial charge in [0.1, 0.15) is 5.75 Å². The van der Waals surface area contributed by atoms with Crippen molar-refractivity contribution in [1.82, 2.24) is 20.3 Å². The molecule has 12 nitrogen and oxygen atoms in total. The van der Waals surface area contributed by atoms with Crippen LogP contribution >= 0.6 is 0 Å². The number of aliphatic hydroxyl groups is 2. The van der Waals surface area contributed by atoms with Gasteiger partial charge in [0.25, 0.3) is 5.91 Å². The van der Waals surface area contributed by atoms with Crippen molar-refractivity contribution in [1.29, 1.82) is 0 Å². The van der Waals surface area contributed by atoms with E-state index in [-0.39, 0.29) is 31.6 Å². The molecule has 5 atom stereocenters. The Kier molecular flexibility index (Phi) is 11.8. The van der Waals surface area contributed by atoms with E-state index in [0.29, 0.717) is 56.8 Å². The smallest absolute Gasteiger partial charge is 0.264 e. The highest BCUT2D eigenvalue weighted by atomic mass is 28.4. The molecule has 0 aliphatic carbocycles. The van der Waals surface area contributed by atoms with Crippen molar-refractivity contribution in [3.05, 3.63) is 95.3 Å². The number of unbranched alkanes of at least 4 members (excludes halogenated alkanes) is 1. The molecule has 2 amide bonds. The molecule has 3 aliphatic heterocycles. The summed E-state index contributed by atoms with van der Waals surface area (Å²) in [5.41, 5.74) is 3.78. The first-order valence-corrected chi connectivity index (χ1v) is 22.8. The first-order chi connectivity index (χ1) is 27.0. The maximum Gasteiger partial charge on any atom is 0.264 e. The molecule has 7 rings (SSSR count). The van der Waals surface area contributed by atoms with Crippen LogP contribution in [-0.2, 0) is 45.9 Å². The summed E-state index contributed by atoms with van der Waals surface area (Å²) in [6.07, 6.45) is 4.08. The van der Waals surface area contributed by atoms with Gasteiger partial charge in [-0.15, -0.1) is 5.10 Å². The van der Waals surface area contributed by atoms with Crippen LogP contribution < -0.4 is 19.9 Å². The van der Waals surface area contributed by atoms with E-state index in [0.717, 1.165) is 40.2 Å². The average molecular weight is 785 g/mol. The van der Waals surface area contributed by atoms with Crippen molar-refractivity contribution in [2.75, 3.05) is 36.2 Å². The number of aliphatic hydroxyl groups excluding tert-OH is 2. The van der Waals surface area contributed by atoms with E-state index in [4.69, 9.17) is 9.47 Å². The third kappa shape index (κ3) is 7.52. The van der Waals surface area contributed by atoms with Crippen molar-refractivity contribution in [3.63, 3.8) is 0 Å². The molecule has 14 heteroatoms. The molecule has 4 heterocycles. The summed E-state index contributed by atoms with van der Waals surface area (Å²) in [6.45, 7) is 9.24. The van der Waals surface area contributed by atoms with E-state index < -0.39 is 37.6 Å². The average Bonchev–Trinajstić information content (AvgIpc) is 3.83. The third-order valence-corrected chi connectivity index (χ3v) is 14.0. The van der Waals surface area contributed by atoms with Crippen molar-refractivity contribution in [3.8, 4) is 5.75 Å². The number of benzene rings is 3. The van der Waals surface area contributed by atoms with Gasteiger partial charge in [-0.25, -0.2) is 0 Å². The maximum absolute atomic E-state index is 16.3. The summed E-state index contributed by atoms with van der Waals surface area (Å²) < 4.78 is 30.7. The molecule has 1 saturated heterocycles. The predicted octanol–water partition coefficient (Wildman–Crippen LogP) is 5.58. The van der Waals surface area contributed by atoms with Crippen LogP contribution in [-0.4, -0.2) is 83.9 Å². The number of carbonyl (C=O) groups excluding carboxylic acids is 2. The highest BCUT2D eigenvalue weighted by Gasteiger charge is 2.66. The monoisotopic (exact) mass is 784 g/mol. The van der Waals surface area contributed by atoms with Crippen molar-refractivity contribution < 1.29 is 33.4 Å². The number of ether oxygens (including phenoxy) is 2. The standard InChI is InChI=1S/C42H53FN6O6Si/c1-5-54-33-16-17-36-30(24-33)25-35(44-20-8-9-22-50)40(52)49(36)32-14-12-29(13-15-32)26-48-37-11-7-6-10-34(37)42(41(48)53)28(2)39(56(3,4)43)38(55-42)18-21-47-27-31(19-23-51)45-46-47/h6-7,10-17,24,27-28,35,38-39,44,50-51H,5,8-9,18-23,25-26H2,1-4H3/t28-,35?,38+,39-,42+/m1/s1. The van der Waals surface area contributed by atoms with Crippen molar-refractivity contribution >= 4 is 37.3 Å². The SMILES string of the molecule is CCOc1ccc2c(c1)CC(NCCCCO)C(=O)N2c1ccc(CN2C(=O)[C@@]3(O[C@@H](CCn4cc(CCO)nn4)[C@H]([Si](C)(C)F)[C@H]3C)c3ccccc32)cc1. The number of hydrogen-bond acceptors (Lipinski definition) is 9. The van der Waals surface area contributed by atoms with Gasteiger partial charge < -0.3 is 34.0 Å². The Labute approximate surface area is 328 Å². The van der Waals surface area contributed by atoms with E-state index in [2.05, 4.69) is 15.6 Å². The zero-order chi connectivity index (χ0) is 39.6. The number of halogens is 1. The number of anilines is 3. The van der Waals surface area contributed by atoms with Crippen LogP contribution in [0.5, 0.6) is 5.75 Å².